The van der Waals surface area contributed by atoms with Gasteiger partial charge < -0.3 is 10.6 Å². The Morgan fingerprint density at radius 1 is 1.12 bits per heavy atom. The lowest BCUT2D eigenvalue weighted by Gasteiger charge is -2.21. The van der Waals surface area contributed by atoms with E-state index in [0.717, 1.165) is 17.8 Å². The molecule has 0 aliphatic heterocycles. The number of aromatic nitrogens is 1. The smallest absolute Gasteiger partial charge is 0.0598 e. The summed E-state index contributed by atoms with van der Waals surface area (Å²) in [6, 6.07) is 14.2. The van der Waals surface area contributed by atoms with E-state index in [-0.39, 0.29) is 0 Å². The molecule has 0 fully saturated rings. The molecule has 17 heavy (non-hydrogen) atoms. The number of anilines is 1. The first-order valence-corrected chi connectivity index (χ1v) is 5.70. The Hall–Kier alpha value is -1.87. The molecule has 0 radical (unpaired) electrons. The van der Waals surface area contributed by atoms with Gasteiger partial charge in [0.05, 0.1) is 12.2 Å². The standard InChI is InChI=1S/C14H17N3/c1-17(11-13-7-4-5-9-16-13)14-8-3-2-6-12(14)10-15/h2-9H,10-11,15H2,1H3. The van der Waals surface area contributed by atoms with E-state index in [1.807, 2.05) is 36.5 Å². The van der Waals surface area contributed by atoms with Crippen molar-refractivity contribution in [3.63, 3.8) is 0 Å². The molecule has 3 nitrogen and oxygen atoms in total. The second-order valence-corrected chi connectivity index (χ2v) is 4.01. The zero-order valence-corrected chi connectivity index (χ0v) is 10.0. The zero-order valence-electron chi connectivity index (χ0n) is 10.0. The molecule has 0 bridgehead atoms. The fourth-order valence-electron chi connectivity index (χ4n) is 1.88. The number of nitrogens with zero attached hydrogens (tertiary/aromatic N) is 2. The highest BCUT2D eigenvalue weighted by Gasteiger charge is 2.06. The molecule has 88 valence electrons. The largest absolute Gasteiger partial charge is 0.368 e. The molecule has 0 amide bonds. The third kappa shape index (κ3) is 2.82. The Balaban J connectivity index is 2.17. The molecule has 2 aromatic rings. The number of hydrogen-bond acceptors (Lipinski definition) is 3. The monoisotopic (exact) mass is 227 g/mol. The van der Waals surface area contributed by atoms with Gasteiger partial charge in [-0.2, -0.15) is 0 Å². The molecule has 0 saturated carbocycles. The second-order valence-electron chi connectivity index (χ2n) is 4.01. The first-order valence-electron chi connectivity index (χ1n) is 5.70. The van der Waals surface area contributed by atoms with Crippen LogP contribution in [0.3, 0.4) is 0 Å². The predicted octanol–water partition coefficient (Wildman–Crippen LogP) is 2.18. The Bertz CT molecular complexity index is 468. The van der Waals surface area contributed by atoms with Crippen molar-refractivity contribution in [1.82, 2.24) is 4.98 Å². The zero-order chi connectivity index (χ0) is 12.1. The van der Waals surface area contributed by atoms with Crippen LogP contribution in [0.4, 0.5) is 5.69 Å². The number of para-hydroxylation sites is 1. The Kier molecular flexibility index (Phi) is 3.73. The first-order chi connectivity index (χ1) is 8.31. The average Bonchev–Trinajstić information content (AvgIpc) is 2.40. The highest BCUT2D eigenvalue weighted by molar-refractivity contribution is 5.53. The van der Waals surface area contributed by atoms with Gasteiger partial charge in [0.1, 0.15) is 0 Å². The van der Waals surface area contributed by atoms with Crippen LogP contribution in [-0.2, 0) is 13.1 Å². The van der Waals surface area contributed by atoms with E-state index >= 15 is 0 Å². The van der Waals surface area contributed by atoms with Crippen LogP contribution < -0.4 is 10.6 Å². The van der Waals surface area contributed by atoms with Crippen LogP contribution in [-0.4, -0.2) is 12.0 Å². The number of rotatable bonds is 4. The van der Waals surface area contributed by atoms with Crippen LogP contribution in [0.25, 0.3) is 0 Å². The second kappa shape index (κ2) is 5.46. The SMILES string of the molecule is CN(Cc1ccccn1)c1ccccc1CN. The summed E-state index contributed by atoms with van der Waals surface area (Å²) in [7, 11) is 2.06. The van der Waals surface area contributed by atoms with Crippen molar-refractivity contribution in [3.8, 4) is 0 Å². The van der Waals surface area contributed by atoms with Gasteiger partial charge in [0.25, 0.3) is 0 Å². The van der Waals surface area contributed by atoms with Crippen LogP contribution in [0.1, 0.15) is 11.3 Å². The van der Waals surface area contributed by atoms with Crippen molar-refractivity contribution in [3.05, 3.63) is 59.9 Å². The van der Waals surface area contributed by atoms with Gasteiger partial charge in [0, 0.05) is 25.5 Å². The van der Waals surface area contributed by atoms with Gasteiger partial charge in [-0.3, -0.25) is 4.98 Å². The third-order valence-corrected chi connectivity index (χ3v) is 2.75. The summed E-state index contributed by atoms with van der Waals surface area (Å²) in [5, 5.41) is 0. The van der Waals surface area contributed by atoms with Gasteiger partial charge in [-0.05, 0) is 23.8 Å². The Morgan fingerprint density at radius 3 is 2.59 bits per heavy atom. The molecule has 0 unspecified atom stereocenters. The van der Waals surface area contributed by atoms with Crippen molar-refractivity contribution in [2.75, 3.05) is 11.9 Å². The number of nitrogens with two attached hydrogens (primary N) is 1. The molecule has 2 rings (SSSR count). The van der Waals surface area contributed by atoms with Gasteiger partial charge in [0.15, 0.2) is 0 Å². The van der Waals surface area contributed by atoms with Crippen molar-refractivity contribution >= 4 is 5.69 Å². The average molecular weight is 227 g/mol. The topological polar surface area (TPSA) is 42.2 Å². The molecule has 0 aliphatic rings. The van der Waals surface area contributed by atoms with Gasteiger partial charge in [-0.1, -0.05) is 24.3 Å². The highest BCUT2D eigenvalue weighted by atomic mass is 15.1. The summed E-state index contributed by atoms with van der Waals surface area (Å²) in [6.45, 7) is 1.35. The number of benzene rings is 1. The van der Waals surface area contributed by atoms with Gasteiger partial charge in [-0.15, -0.1) is 0 Å². The fourth-order valence-corrected chi connectivity index (χ4v) is 1.88. The summed E-state index contributed by atoms with van der Waals surface area (Å²) < 4.78 is 0. The minimum absolute atomic E-state index is 0.558. The van der Waals surface area contributed by atoms with E-state index in [1.165, 1.54) is 5.69 Å². The van der Waals surface area contributed by atoms with Crippen LogP contribution in [0.15, 0.2) is 48.7 Å². The van der Waals surface area contributed by atoms with E-state index in [9.17, 15) is 0 Å². The van der Waals surface area contributed by atoms with Crippen molar-refractivity contribution in [1.29, 1.82) is 0 Å². The molecule has 0 atom stereocenters. The number of hydrogen-bond donors (Lipinski definition) is 1. The molecule has 3 heteroatoms. The summed E-state index contributed by atoms with van der Waals surface area (Å²) in [6.07, 6.45) is 1.82. The lowest BCUT2D eigenvalue weighted by Crippen LogP contribution is -2.19. The number of pyridine rings is 1. The quantitative estimate of drug-likeness (QED) is 0.870. The van der Waals surface area contributed by atoms with Gasteiger partial charge >= 0.3 is 0 Å². The lowest BCUT2D eigenvalue weighted by atomic mass is 10.1. The summed E-state index contributed by atoms with van der Waals surface area (Å²) in [4.78, 5) is 6.50. The predicted molar refractivity (Wildman–Crippen MR) is 70.7 cm³/mol. The lowest BCUT2D eigenvalue weighted by molar-refractivity contribution is 0.872. The molecule has 0 aliphatic carbocycles. The van der Waals surface area contributed by atoms with Crippen molar-refractivity contribution in [2.24, 2.45) is 5.73 Å². The van der Waals surface area contributed by atoms with Crippen molar-refractivity contribution in [2.45, 2.75) is 13.1 Å². The maximum Gasteiger partial charge on any atom is 0.0598 e. The van der Waals surface area contributed by atoms with E-state index in [1.54, 1.807) is 0 Å². The minimum Gasteiger partial charge on any atom is -0.368 e. The van der Waals surface area contributed by atoms with Gasteiger partial charge in [-0.25, -0.2) is 0 Å². The highest BCUT2D eigenvalue weighted by Crippen LogP contribution is 2.19. The molecule has 0 saturated heterocycles. The molecular weight excluding hydrogens is 210 g/mol. The van der Waals surface area contributed by atoms with E-state index in [4.69, 9.17) is 5.73 Å². The fraction of sp³-hybridized carbons (Fsp3) is 0.214. The first kappa shape index (κ1) is 11.6. The summed E-state index contributed by atoms with van der Waals surface area (Å²) in [5.74, 6) is 0. The van der Waals surface area contributed by atoms with E-state index in [2.05, 4.69) is 29.1 Å². The van der Waals surface area contributed by atoms with Crippen LogP contribution in [0.5, 0.6) is 0 Å². The molecular formula is C14H17N3. The molecule has 0 spiro atoms. The van der Waals surface area contributed by atoms with Gasteiger partial charge in [0.2, 0.25) is 0 Å². The normalized spacial score (nSPS) is 10.2. The molecule has 1 heterocycles. The van der Waals surface area contributed by atoms with E-state index in [0.29, 0.717) is 6.54 Å². The van der Waals surface area contributed by atoms with E-state index < -0.39 is 0 Å². The molecule has 2 N–H and O–H groups in total. The Morgan fingerprint density at radius 2 is 1.88 bits per heavy atom. The minimum atomic E-state index is 0.558. The Labute approximate surface area is 102 Å². The van der Waals surface area contributed by atoms with Crippen molar-refractivity contribution < 1.29 is 0 Å². The molecule has 1 aromatic carbocycles. The maximum atomic E-state index is 5.74. The van der Waals surface area contributed by atoms with Crippen LogP contribution in [0.2, 0.25) is 0 Å². The summed E-state index contributed by atoms with van der Waals surface area (Å²) in [5.41, 5.74) is 9.12. The maximum absolute atomic E-state index is 5.74. The molecule has 1 aromatic heterocycles. The summed E-state index contributed by atoms with van der Waals surface area (Å²) >= 11 is 0. The third-order valence-electron chi connectivity index (χ3n) is 2.75. The van der Waals surface area contributed by atoms with Crippen LogP contribution >= 0.6 is 0 Å². The van der Waals surface area contributed by atoms with Crippen LogP contribution in [0, 0.1) is 0 Å².